The Balaban J connectivity index is 2.23. The topological polar surface area (TPSA) is 40.6 Å². The number of hydrogen-bond acceptors (Lipinski definition) is 4. The lowest BCUT2D eigenvalue weighted by Crippen LogP contribution is -2.02. The van der Waals surface area contributed by atoms with Gasteiger partial charge in [-0.2, -0.15) is 0 Å². The predicted molar refractivity (Wildman–Crippen MR) is 70.3 cm³/mol. The van der Waals surface area contributed by atoms with E-state index < -0.39 is 0 Å². The normalized spacial score (nSPS) is 10.6. The average Bonchev–Trinajstić information content (AvgIpc) is 2.43. The molecule has 0 saturated carbocycles. The van der Waals surface area contributed by atoms with E-state index in [0.717, 1.165) is 23.1 Å². The SMILES string of the molecule is COCCCOc1cc(OC)nc2ccccc12. The molecule has 0 radical (unpaired) electrons. The molecule has 0 unspecified atom stereocenters. The number of aromatic nitrogens is 1. The molecule has 2 rings (SSSR count). The van der Waals surface area contributed by atoms with Crippen molar-refractivity contribution in [3.05, 3.63) is 30.3 Å². The quantitative estimate of drug-likeness (QED) is 0.736. The van der Waals surface area contributed by atoms with Crippen LogP contribution in [-0.4, -0.2) is 32.4 Å². The van der Waals surface area contributed by atoms with Gasteiger partial charge in [0.1, 0.15) is 5.75 Å². The fourth-order valence-corrected chi connectivity index (χ4v) is 1.73. The molecule has 18 heavy (non-hydrogen) atoms. The van der Waals surface area contributed by atoms with Crippen LogP contribution >= 0.6 is 0 Å². The summed E-state index contributed by atoms with van der Waals surface area (Å²) < 4.78 is 15.9. The summed E-state index contributed by atoms with van der Waals surface area (Å²) in [5.74, 6) is 1.36. The Kier molecular flexibility index (Phi) is 4.36. The Morgan fingerprint density at radius 1 is 1.11 bits per heavy atom. The van der Waals surface area contributed by atoms with Crippen LogP contribution in [0, 0.1) is 0 Å². The lowest BCUT2D eigenvalue weighted by atomic mass is 10.2. The average molecular weight is 247 g/mol. The molecule has 1 aromatic heterocycles. The zero-order valence-corrected chi connectivity index (χ0v) is 10.7. The molecule has 1 heterocycles. The van der Waals surface area contributed by atoms with E-state index >= 15 is 0 Å². The summed E-state index contributed by atoms with van der Waals surface area (Å²) in [6.45, 7) is 1.31. The molecule has 0 aliphatic rings. The van der Waals surface area contributed by atoms with Crippen molar-refractivity contribution in [2.24, 2.45) is 0 Å². The number of nitrogens with zero attached hydrogens (tertiary/aromatic N) is 1. The van der Waals surface area contributed by atoms with Crippen LogP contribution in [0.15, 0.2) is 30.3 Å². The molecule has 0 atom stereocenters. The van der Waals surface area contributed by atoms with Crippen molar-refractivity contribution in [2.75, 3.05) is 27.4 Å². The van der Waals surface area contributed by atoms with E-state index in [2.05, 4.69) is 4.98 Å². The third-order valence-corrected chi connectivity index (χ3v) is 2.61. The van der Waals surface area contributed by atoms with Gasteiger partial charge in [-0.05, 0) is 12.1 Å². The number of benzene rings is 1. The van der Waals surface area contributed by atoms with Crippen molar-refractivity contribution in [2.45, 2.75) is 6.42 Å². The number of fused-ring (bicyclic) bond motifs is 1. The Hall–Kier alpha value is -1.81. The number of rotatable bonds is 6. The summed E-state index contributed by atoms with van der Waals surface area (Å²) in [4.78, 5) is 4.37. The highest BCUT2D eigenvalue weighted by Gasteiger charge is 2.06. The summed E-state index contributed by atoms with van der Waals surface area (Å²) in [5, 5.41) is 0.996. The van der Waals surface area contributed by atoms with Crippen molar-refractivity contribution in [1.82, 2.24) is 4.98 Å². The van der Waals surface area contributed by atoms with Crippen molar-refractivity contribution >= 4 is 10.9 Å². The molecule has 0 saturated heterocycles. The second-order valence-electron chi connectivity index (χ2n) is 3.87. The van der Waals surface area contributed by atoms with Crippen LogP contribution < -0.4 is 9.47 Å². The summed E-state index contributed by atoms with van der Waals surface area (Å²) >= 11 is 0. The van der Waals surface area contributed by atoms with E-state index in [4.69, 9.17) is 14.2 Å². The van der Waals surface area contributed by atoms with Crippen LogP contribution in [0.4, 0.5) is 0 Å². The number of ether oxygens (including phenoxy) is 3. The van der Waals surface area contributed by atoms with Crippen LogP contribution in [0.2, 0.25) is 0 Å². The first-order valence-corrected chi connectivity index (χ1v) is 5.90. The van der Waals surface area contributed by atoms with Crippen molar-refractivity contribution < 1.29 is 14.2 Å². The maximum atomic E-state index is 5.76. The molecule has 1 aromatic carbocycles. The third-order valence-electron chi connectivity index (χ3n) is 2.61. The van der Waals surface area contributed by atoms with Crippen LogP contribution in [0.3, 0.4) is 0 Å². The summed E-state index contributed by atoms with van der Waals surface area (Å²) in [7, 11) is 3.29. The van der Waals surface area contributed by atoms with Gasteiger partial charge in [-0.15, -0.1) is 0 Å². The number of pyridine rings is 1. The first-order valence-electron chi connectivity index (χ1n) is 5.90. The maximum absolute atomic E-state index is 5.76. The minimum atomic E-state index is 0.565. The van der Waals surface area contributed by atoms with Gasteiger partial charge < -0.3 is 14.2 Å². The van der Waals surface area contributed by atoms with Gasteiger partial charge in [-0.25, -0.2) is 4.98 Å². The molecule has 0 N–H and O–H groups in total. The smallest absolute Gasteiger partial charge is 0.217 e. The molecular formula is C14H17NO3. The maximum Gasteiger partial charge on any atom is 0.217 e. The molecule has 0 aliphatic heterocycles. The zero-order valence-electron chi connectivity index (χ0n) is 10.7. The van der Waals surface area contributed by atoms with Crippen LogP contribution in [0.1, 0.15) is 6.42 Å². The van der Waals surface area contributed by atoms with E-state index in [-0.39, 0.29) is 0 Å². The number of para-hydroxylation sites is 1. The molecule has 4 heteroatoms. The molecule has 0 fully saturated rings. The molecule has 0 bridgehead atoms. The molecule has 0 amide bonds. The predicted octanol–water partition coefficient (Wildman–Crippen LogP) is 2.66. The molecule has 2 aromatic rings. The summed E-state index contributed by atoms with van der Waals surface area (Å²) in [5.41, 5.74) is 0.874. The fourth-order valence-electron chi connectivity index (χ4n) is 1.73. The van der Waals surface area contributed by atoms with Gasteiger partial charge in [-0.3, -0.25) is 0 Å². The van der Waals surface area contributed by atoms with Gasteiger partial charge in [-0.1, -0.05) is 12.1 Å². The van der Waals surface area contributed by atoms with Gasteiger partial charge in [0.15, 0.2) is 0 Å². The summed E-state index contributed by atoms with van der Waals surface area (Å²) in [6.07, 6.45) is 0.857. The largest absolute Gasteiger partial charge is 0.493 e. The lowest BCUT2D eigenvalue weighted by Gasteiger charge is -2.10. The highest BCUT2D eigenvalue weighted by Crippen LogP contribution is 2.28. The minimum Gasteiger partial charge on any atom is -0.493 e. The Morgan fingerprint density at radius 2 is 1.94 bits per heavy atom. The van der Waals surface area contributed by atoms with Gasteiger partial charge in [0, 0.05) is 31.6 Å². The van der Waals surface area contributed by atoms with E-state index in [1.165, 1.54) is 0 Å². The van der Waals surface area contributed by atoms with Gasteiger partial charge >= 0.3 is 0 Å². The van der Waals surface area contributed by atoms with Crippen molar-refractivity contribution in [3.63, 3.8) is 0 Å². The second kappa shape index (κ2) is 6.21. The van der Waals surface area contributed by atoms with E-state index in [1.54, 1.807) is 14.2 Å². The molecular weight excluding hydrogens is 230 g/mol. The van der Waals surface area contributed by atoms with E-state index in [9.17, 15) is 0 Å². The highest BCUT2D eigenvalue weighted by molar-refractivity contribution is 5.85. The molecule has 4 nitrogen and oxygen atoms in total. The van der Waals surface area contributed by atoms with Gasteiger partial charge in [0.05, 0.1) is 19.2 Å². The summed E-state index contributed by atoms with van der Waals surface area (Å²) in [6, 6.07) is 9.67. The Bertz CT molecular complexity index is 513. The van der Waals surface area contributed by atoms with Gasteiger partial charge in [0.25, 0.3) is 0 Å². The number of methoxy groups -OCH3 is 2. The van der Waals surface area contributed by atoms with Crippen LogP contribution in [0.5, 0.6) is 11.6 Å². The second-order valence-corrected chi connectivity index (χ2v) is 3.87. The first kappa shape index (κ1) is 12.6. The minimum absolute atomic E-state index is 0.565. The Labute approximate surface area is 106 Å². The molecule has 0 aliphatic carbocycles. The standard InChI is InChI=1S/C14H17NO3/c1-16-8-5-9-18-13-10-14(17-2)15-12-7-4-3-6-11(12)13/h3-4,6-7,10H,5,8-9H2,1-2H3. The fraction of sp³-hybridized carbons (Fsp3) is 0.357. The van der Waals surface area contributed by atoms with Crippen LogP contribution in [0.25, 0.3) is 10.9 Å². The molecule has 96 valence electrons. The third kappa shape index (κ3) is 2.90. The monoisotopic (exact) mass is 247 g/mol. The highest BCUT2D eigenvalue weighted by atomic mass is 16.5. The van der Waals surface area contributed by atoms with E-state index in [0.29, 0.717) is 19.1 Å². The van der Waals surface area contributed by atoms with Crippen LogP contribution in [-0.2, 0) is 4.74 Å². The van der Waals surface area contributed by atoms with Crippen molar-refractivity contribution in [3.8, 4) is 11.6 Å². The van der Waals surface area contributed by atoms with Gasteiger partial charge in [0.2, 0.25) is 5.88 Å². The molecule has 0 spiro atoms. The van der Waals surface area contributed by atoms with E-state index in [1.807, 2.05) is 30.3 Å². The lowest BCUT2D eigenvalue weighted by molar-refractivity contribution is 0.172. The zero-order chi connectivity index (χ0) is 12.8. The van der Waals surface area contributed by atoms with Crippen molar-refractivity contribution in [1.29, 1.82) is 0 Å². The number of hydrogen-bond donors (Lipinski definition) is 0. The Morgan fingerprint density at radius 3 is 2.72 bits per heavy atom. The first-order chi connectivity index (χ1) is 8.85.